The molecule has 2 nitrogen and oxygen atoms in total. The van der Waals surface area contributed by atoms with E-state index in [1.165, 1.54) is 6.07 Å². The van der Waals surface area contributed by atoms with Crippen LogP contribution in [0, 0.1) is 11.6 Å². The topological polar surface area (TPSA) is 29.5 Å². The first-order chi connectivity index (χ1) is 6.56. The Morgan fingerprint density at radius 1 is 1.36 bits per heavy atom. The highest BCUT2D eigenvalue weighted by atomic mass is 19.2. The maximum atomic E-state index is 13.1. The van der Waals surface area contributed by atoms with Crippen LogP contribution in [-0.4, -0.2) is 11.2 Å². The molecule has 4 heteroatoms. The van der Waals surface area contributed by atoms with E-state index in [0.29, 0.717) is 0 Å². The predicted molar refractivity (Wildman–Crippen MR) is 48.0 cm³/mol. The summed E-state index contributed by atoms with van der Waals surface area (Å²) in [7, 11) is 0. The minimum absolute atomic E-state index is 0.140. The van der Waals surface area contributed by atoms with E-state index in [0.717, 1.165) is 6.07 Å². The van der Waals surface area contributed by atoms with Gasteiger partial charge in [0.05, 0.1) is 18.3 Å². The van der Waals surface area contributed by atoms with Crippen molar-refractivity contribution in [3.63, 3.8) is 0 Å². The number of halogens is 2. The van der Waals surface area contributed by atoms with Crippen LogP contribution in [0.5, 0.6) is 5.75 Å². The molecule has 0 bridgehead atoms. The van der Waals surface area contributed by atoms with E-state index in [9.17, 15) is 8.78 Å². The maximum Gasteiger partial charge on any atom is 0.168 e. The van der Waals surface area contributed by atoms with Crippen LogP contribution in [-0.2, 0) is 6.61 Å². The molecule has 0 saturated carbocycles. The molecule has 0 aliphatic carbocycles. The van der Waals surface area contributed by atoms with Gasteiger partial charge in [0.15, 0.2) is 11.6 Å². The highest BCUT2D eigenvalue weighted by molar-refractivity contribution is 5.35. The summed E-state index contributed by atoms with van der Waals surface area (Å²) >= 11 is 0. The van der Waals surface area contributed by atoms with Gasteiger partial charge in [-0.25, -0.2) is 8.78 Å². The van der Waals surface area contributed by atoms with E-state index < -0.39 is 18.2 Å². The van der Waals surface area contributed by atoms with Gasteiger partial charge in [-0.2, -0.15) is 0 Å². The first-order valence-corrected chi connectivity index (χ1v) is 4.30. The summed E-state index contributed by atoms with van der Waals surface area (Å²) in [5, 5.41) is 8.85. The van der Waals surface area contributed by atoms with Crippen LogP contribution in [0.25, 0.3) is 0 Å². The third-order valence-electron chi connectivity index (χ3n) is 1.67. The molecule has 0 saturated heterocycles. The molecular formula is C10H12F2O2. The number of aliphatic hydroxyl groups is 1. The zero-order valence-electron chi connectivity index (χ0n) is 8.05. The van der Waals surface area contributed by atoms with Crippen molar-refractivity contribution in [1.29, 1.82) is 0 Å². The minimum atomic E-state index is -1.05. The molecule has 1 N–H and O–H groups in total. The Morgan fingerprint density at radius 3 is 2.50 bits per heavy atom. The van der Waals surface area contributed by atoms with Crippen molar-refractivity contribution in [2.24, 2.45) is 0 Å². The van der Waals surface area contributed by atoms with Gasteiger partial charge in [0, 0.05) is 0 Å². The predicted octanol–water partition coefficient (Wildman–Crippen LogP) is 2.24. The van der Waals surface area contributed by atoms with Crippen LogP contribution in [0.2, 0.25) is 0 Å². The Bertz CT molecular complexity index is 324. The van der Waals surface area contributed by atoms with Gasteiger partial charge in [-0.15, -0.1) is 0 Å². The fourth-order valence-corrected chi connectivity index (χ4v) is 1.09. The highest BCUT2D eigenvalue weighted by Crippen LogP contribution is 2.24. The van der Waals surface area contributed by atoms with Crippen LogP contribution in [0.1, 0.15) is 19.4 Å². The van der Waals surface area contributed by atoms with Gasteiger partial charge in [-0.05, 0) is 26.0 Å². The number of aliphatic hydroxyl groups excluding tert-OH is 1. The van der Waals surface area contributed by atoms with Gasteiger partial charge in [0.2, 0.25) is 0 Å². The molecule has 0 amide bonds. The molecule has 1 rings (SSSR count). The number of hydrogen-bond acceptors (Lipinski definition) is 2. The second-order valence-electron chi connectivity index (χ2n) is 3.16. The number of ether oxygens (including phenoxy) is 1. The van der Waals surface area contributed by atoms with Gasteiger partial charge in [-0.3, -0.25) is 0 Å². The van der Waals surface area contributed by atoms with Crippen molar-refractivity contribution in [1.82, 2.24) is 0 Å². The first kappa shape index (κ1) is 10.9. The summed E-state index contributed by atoms with van der Waals surface area (Å²) < 4.78 is 31.0. The molecule has 0 atom stereocenters. The zero-order valence-corrected chi connectivity index (χ0v) is 8.05. The molecule has 1 aromatic rings. The molecule has 0 aliphatic rings. The summed E-state index contributed by atoms with van der Waals surface area (Å²) in [5.41, 5.74) is -0.140. The van der Waals surface area contributed by atoms with E-state index in [4.69, 9.17) is 9.84 Å². The number of hydrogen-bond donors (Lipinski definition) is 1. The van der Waals surface area contributed by atoms with Gasteiger partial charge < -0.3 is 9.84 Å². The second kappa shape index (κ2) is 4.37. The molecule has 0 unspecified atom stereocenters. The largest absolute Gasteiger partial charge is 0.491 e. The van der Waals surface area contributed by atoms with E-state index in [1.54, 1.807) is 13.8 Å². The van der Waals surface area contributed by atoms with Crippen LogP contribution >= 0.6 is 0 Å². The maximum absolute atomic E-state index is 13.1. The van der Waals surface area contributed by atoms with Crippen molar-refractivity contribution in [3.05, 3.63) is 29.3 Å². The van der Waals surface area contributed by atoms with Crippen LogP contribution in [0.3, 0.4) is 0 Å². The Kier molecular flexibility index (Phi) is 3.41. The molecule has 0 aromatic heterocycles. The Balaban J connectivity index is 3.10. The lowest BCUT2D eigenvalue weighted by atomic mass is 10.2. The van der Waals surface area contributed by atoms with Gasteiger partial charge in [0.25, 0.3) is 0 Å². The third-order valence-corrected chi connectivity index (χ3v) is 1.67. The van der Waals surface area contributed by atoms with E-state index in [2.05, 4.69) is 0 Å². The normalized spacial score (nSPS) is 10.7. The average Bonchev–Trinajstić information content (AvgIpc) is 2.11. The molecule has 0 spiro atoms. The summed E-state index contributed by atoms with van der Waals surface area (Å²) in [5.74, 6) is -1.85. The number of benzene rings is 1. The summed E-state index contributed by atoms with van der Waals surface area (Å²) in [6.07, 6.45) is -0.148. The fraction of sp³-hybridized carbons (Fsp3) is 0.400. The van der Waals surface area contributed by atoms with Gasteiger partial charge in [0.1, 0.15) is 5.75 Å². The molecular weight excluding hydrogens is 190 g/mol. The summed E-state index contributed by atoms with van der Waals surface area (Å²) in [6.45, 7) is 2.95. The summed E-state index contributed by atoms with van der Waals surface area (Å²) in [6, 6.07) is 2.29. The monoisotopic (exact) mass is 202 g/mol. The lowest BCUT2D eigenvalue weighted by Crippen LogP contribution is -2.09. The Morgan fingerprint density at radius 2 is 2.00 bits per heavy atom. The summed E-state index contributed by atoms with van der Waals surface area (Å²) in [4.78, 5) is 0. The molecule has 1 aromatic carbocycles. The average molecular weight is 202 g/mol. The van der Waals surface area contributed by atoms with Gasteiger partial charge in [-0.1, -0.05) is 0 Å². The lowest BCUT2D eigenvalue weighted by Gasteiger charge is -2.13. The van der Waals surface area contributed by atoms with Crippen molar-refractivity contribution < 1.29 is 18.6 Å². The smallest absolute Gasteiger partial charge is 0.168 e. The fourth-order valence-electron chi connectivity index (χ4n) is 1.09. The molecule has 0 heterocycles. The van der Waals surface area contributed by atoms with Crippen LogP contribution in [0.4, 0.5) is 8.78 Å². The van der Waals surface area contributed by atoms with Crippen molar-refractivity contribution in [2.75, 3.05) is 0 Å². The Hall–Kier alpha value is -1.16. The second-order valence-corrected chi connectivity index (χ2v) is 3.16. The minimum Gasteiger partial charge on any atom is -0.491 e. The van der Waals surface area contributed by atoms with E-state index in [-0.39, 0.29) is 17.4 Å². The molecule has 0 radical (unpaired) electrons. The van der Waals surface area contributed by atoms with Crippen LogP contribution < -0.4 is 4.74 Å². The quantitative estimate of drug-likeness (QED) is 0.814. The van der Waals surface area contributed by atoms with Crippen molar-refractivity contribution in [3.8, 4) is 5.75 Å². The molecule has 14 heavy (non-hydrogen) atoms. The first-order valence-electron chi connectivity index (χ1n) is 4.30. The van der Waals surface area contributed by atoms with E-state index in [1.807, 2.05) is 0 Å². The number of rotatable bonds is 3. The Labute approximate surface area is 81.1 Å². The zero-order chi connectivity index (χ0) is 10.7. The SMILES string of the molecule is CC(C)Oc1ccc(F)c(F)c1CO. The third kappa shape index (κ3) is 2.20. The van der Waals surface area contributed by atoms with Gasteiger partial charge >= 0.3 is 0 Å². The highest BCUT2D eigenvalue weighted by Gasteiger charge is 2.14. The van der Waals surface area contributed by atoms with Crippen LogP contribution in [0.15, 0.2) is 12.1 Å². The molecule has 0 fully saturated rings. The van der Waals surface area contributed by atoms with Crippen molar-refractivity contribution in [2.45, 2.75) is 26.6 Å². The standard InChI is InChI=1S/C10H12F2O2/c1-6(2)14-9-4-3-8(11)10(12)7(9)5-13/h3-4,6,13H,5H2,1-2H3. The lowest BCUT2D eigenvalue weighted by molar-refractivity contribution is 0.220. The molecule has 0 aliphatic heterocycles. The van der Waals surface area contributed by atoms with Crippen molar-refractivity contribution >= 4 is 0 Å². The molecule has 78 valence electrons. The van der Waals surface area contributed by atoms with E-state index >= 15 is 0 Å².